The van der Waals surface area contributed by atoms with Crippen LogP contribution in [0.25, 0.3) is 32.9 Å². The van der Waals surface area contributed by atoms with Crippen molar-refractivity contribution in [2.75, 3.05) is 39.8 Å². The lowest BCUT2D eigenvalue weighted by Crippen LogP contribution is -2.47. The molecule has 7 heteroatoms. The molecule has 0 bridgehead atoms. The lowest BCUT2D eigenvalue weighted by atomic mass is 10.0. The van der Waals surface area contributed by atoms with E-state index in [1.54, 1.807) is 0 Å². The number of piperazine rings is 1. The van der Waals surface area contributed by atoms with Gasteiger partial charge in [0, 0.05) is 72.8 Å². The van der Waals surface area contributed by atoms with Gasteiger partial charge >= 0.3 is 0 Å². The van der Waals surface area contributed by atoms with Crippen LogP contribution in [-0.4, -0.2) is 71.4 Å². The highest BCUT2D eigenvalue weighted by molar-refractivity contribution is 6.16. The summed E-state index contributed by atoms with van der Waals surface area (Å²) >= 11 is 0. The molecule has 0 saturated carbocycles. The number of hydrogen-bond acceptors (Lipinski definition) is 4. The number of carbonyl (C=O) groups excluding carboxylic acids is 2. The van der Waals surface area contributed by atoms with Gasteiger partial charge in [-0.1, -0.05) is 36.4 Å². The number of likely N-dealkylation sites (N-methyl/N-ethyl adjacent to an activating group) is 1. The van der Waals surface area contributed by atoms with E-state index in [0.717, 1.165) is 82.4 Å². The first kappa shape index (κ1) is 20.9. The fourth-order valence-corrected chi connectivity index (χ4v) is 5.07. The molecule has 2 aromatic carbocycles. The normalized spacial score (nSPS) is 16.6. The summed E-state index contributed by atoms with van der Waals surface area (Å²) in [6, 6.07) is 14.2. The van der Waals surface area contributed by atoms with Gasteiger partial charge in [-0.05, 0) is 18.7 Å². The van der Waals surface area contributed by atoms with Crippen molar-refractivity contribution in [2.45, 2.75) is 12.8 Å². The van der Waals surface area contributed by atoms with Crippen molar-refractivity contribution in [3.63, 3.8) is 0 Å². The van der Waals surface area contributed by atoms with E-state index in [1.807, 2.05) is 47.5 Å². The van der Waals surface area contributed by atoms with Gasteiger partial charge in [0.15, 0.2) is 0 Å². The van der Waals surface area contributed by atoms with E-state index in [4.69, 9.17) is 0 Å². The summed E-state index contributed by atoms with van der Waals surface area (Å²) in [4.78, 5) is 37.5. The fraction of sp³-hybridized carbons (Fsp3) is 0.296. The van der Waals surface area contributed by atoms with Gasteiger partial charge in [0.2, 0.25) is 5.91 Å². The quantitative estimate of drug-likeness (QED) is 0.500. The number of benzene rings is 2. The number of pyridine rings is 1. The molecule has 4 aromatic rings. The third-order valence-electron chi connectivity index (χ3n) is 7.10. The van der Waals surface area contributed by atoms with Crippen molar-refractivity contribution in [3.05, 3.63) is 65.5 Å². The van der Waals surface area contributed by atoms with Crippen LogP contribution in [-0.2, 0) is 17.6 Å². The molecule has 1 fully saturated rings. The van der Waals surface area contributed by atoms with Gasteiger partial charge < -0.3 is 20.1 Å². The van der Waals surface area contributed by atoms with E-state index >= 15 is 0 Å². The molecule has 2 aliphatic heterocycles. The molecular formula is C27H27N5O2. The van der Waals surface area contributed by atoms with E-state index in [1.165, 1.54) is 0 Å². The van der Waals surface area contributed by atoms with Crippen molar-refractivity contribution >= 4 is 33.5 Å². The smallest absolute Gasteiger partial charge is 0.253 e. The largest absolute Gasteiger partial charge is 0.357 e. The summed E-state index contributed by atoms with van der Waals surface area (Å²) in [5.41, 5.74) is 5.63. The summed E-state index contributed by atoms with van der Waals surface area (Å²) in [5.74, 6) is 0.176. The van der Waals surface area contributed by atoms with Crippen LogP contribution < -0.4 is 5.32 Å². The number of H-pyrrole nitrogens is 1. The molecular weight excluding hydrogens is 426 g/mol. The molecule has 2 aliphatic rings. The van der Waals surface area contributed by atoms with Crippen molar-refractivity contribution in [3.8, 4) is 11.3 Å². The first-order valence-electron chi connectivity index (χ1n) is 11.8. The maximum absolute atomic E-state index is 12.7. The van der Waals surface area contributed by atoms with E-state index < -0.39 is 0 Å². The van der Waals surface area contributed by atoms with E-state index in [0.29, 0.717) is 13.0 Å². The third kappa shape index (κ3) is 3.62. The predicted molar refractivity (Wildman–Crippen MR) is 133 cm³/mol. The Hall–Kier alpha value is -3.71. The molecule has 172 valence electrons. The molecule has 0 radical (unpaired) electrons. The van der Waals surface area contributed by atoms with Crippen LogP contribution in [0.4, 0.5) is 0 Å². The SMILES string of the molecule is CN1CCN(C(=O)Cc2ccc(-c3cc4c(ccc5c6c([nH]c54)CCNC6=O)cn3)cc2)CC1. The molecule has 2 amide bonds. The highest BCUT2D eigenvalue weighted by atomic mass is 16.2. The minimum atomic E-state index is -0.0113. The maximum atomic E-state index is 12.7. The molecule has 34 heavy (non-hydrogen) atoms. The zero-order chi connectivity index (χ0) is 23.2. The summed E-state index contributed by atoms with van der Waals surface area (Å²) in [7, 11) is 2.09. The zero-order valence-electron chi connectivity index (χ0n) is 19.2. The molecule has 0 unspecified atom stereocenters. The maximum Gasteiger partial charge on any atom is 0.253 e. The first-order chi connectivity index (χ1) is 16.6. The van der Waals surface area contributed by atoms with Crippen LogP contribution in [0.15, 0.2) is 48.7 Å². The van der Waals surface area contributed by atoms with E-state index in [-0.39, 0.29) is 11.8 Å². The van der Waals surface area contributed by atoms with Crippen molar-refractivity contribution in [1.29, 1.82) is 0 Å². The molecule has 6 rings (SSSR count). The highest BCUT2D eigenvalue weighted by Crippen LogP contribution is 2.32. The molecule has 0 spiro atoms. The second-order valence-corrected chi connectivity index (χ2v) is 9.32. The lowest BCUT2D eigenvalue weighted by Gasteiger charge is -2.32. The molecule has 0 aliphatic carbocycles. The topological polar surface area (TPSA) is 81.3 Å². The van der Waals surface area contributed by atoms with Gasteiger partial charge in [0.05, 0.1) is 23.2 Å². The number of nitrogens with zero attached hydrogens (tertiary/aromatic N) is 3. The molecule has 1 saturated heterocycles. The monoisotopic (exact) mass is 453 g/mol. The number of rotatable bonds is 3. The van der Waals surface area contributed by atoms with Gasteiger partial charge in [-0.3, -0.25) is 14.6 Å². The van der Waals surface area contributed by atoms with Gasteiger partial charge in [-0.25, -0.2) is 0 Å². The fourth-order valence-electron chi connectivity index (χ4n) is 5.07. The number of amides is 2. The highest BCUT2D eigenvalue weighted by Gasteiger charge is 2.23. The van der Waals surface area contributed by atoms with Crippen LogP contribution in [0, 0.1) is 0 Å². The lowest BCUT2D eigenvalue weighted by molar-refractivity contribution is -0.132. The Kier molecular flexibility index (Phi) is 5.07. The van der Waals surface area contributed by atoms with Crippen LogP contribution >= 0.6 is 0 Å². The van der Waals surface area contributed by atoms with Gasteiger partial charge in [-0.2, -0.15) is 0 Å². The summed E-state index contributed by atoms with van der Waals surface area (Å²) in [6.45, 7) is 4.12. The zero-order valence-corrected chi connectivity index (χ0v) is 19.2. The summed E-state index contributed by atoms with van der Waals surface area (Å²) in [6.07, 6.45) is 3.12. The van der Waals surface area contributed by atoms with Crippen molar-refractivity contribution in [1.82, 2.24) is 25.1 Å². The Morgan fingerprint density at radius 2 is 1.82 bits per heavy atom. The minimum absolute atomic E-state index is 0.0113. The standard InChI is InChI=1S/C27H27N5O2/c1-31-10-12-32(13-11-31)24(33)14-17-2-4-18(5-3-17)23-15-21-19(16-29-23)6-7-20-25-22(30-26(20)21)8-9-28-27(25)34/h2-7,15-16,30H,8-14H2,1H3,(H,28,34). The van der Waals surface area contributed by atoms with Gasteiger partial charge in [-0.15, -0.1) is 0 Å². The van der Waals surface area contributed by atoms with E-state index in [2.05, 4.69) is 33.3 Å². The van der Waals surface area contributed by atoms with Crippen LogP contribution in [0.2, 0.25) is 0 Å². The van der Waals surface area contributed by atoms with Crippen LogP contribution in [0.5, 0.6) is 0 Å². The Labute approximate surface area is 197 Å². The number of carbonyl (C=O) groups is 2. The second-order valence-electron chi connectivity index (χ2n) is 9.32. The predicted octanol–water partition coefficient (Wildman–Crippen LogP) is 2.99. The van der Waals surface area contributed by atoms with Crippen LogP contribution in [0.1, 0.15) is 21.6 Å². The second kappa shape index (κ2) is 8.25. The molecule has 2 N–H and O–H groups in total. The molecule has 7 nitrogen and oxygen atoms in total. The average molecular weight is 454 g/mol. The van der Waals surface area contributed by atoms with Gasteiger partial charge in [0.25, 0.3) is 5.91 Å². The van der Waals surface area contributed by atoms with Crippen LogP contribution in [0.3, 0.4) is 0 Å². The Morgan fingerprint density at radius 1 is 1.03 bits per heavy atom. The number of hydrogen-bond donors (Lipinski definition) is 2. The molecule has 0 atom stereocenters. The van der Waals surface area contributed by atoms with Gasteiger partial charge in [0.1, 0.15) is 0 Å². The number of nitrogens with one attached hydrogen (secondary N) is 2. The van der Waals surface area contributed by atoms with Crippen molar-refractivity contribution < 1.29 is 9.59 Å². The van der Waals surface area contributed by atoms with E-state index in [9.17, 15) is 9.59 Å². The number of aromatic amines is 1. The first-order valence-corrected chi connectivity index (χ1v) is 11.8. The molecule has 4 heterocycles. The Balaban J connectivity index is 1.28. The summed E-state index contributed by atoms with van der Waals surface area (Å²) in [5, 5.41) is 5.98. The third-order valence-corrected chi connectivity index (χ3v) is 7.10. The summed E-state index contributed by atoms with van der Waals surface area (Å²) < 4.78 is 0. The number of fused-ring (bicyclic) bond motifs is 5. The Morgan fingerprint density at radius 3 is 2.62 bits per heavy atom. The molecule has 2 aromatic heterocycles. The number of aromatic nitrogens is 2. The average Bonchev–Trinajstić information content (AvgIpc) is 3.25. The minimum Gasteiger partial charge on any atom is -0.357 e. The Bertz CT molecular complexity index is 1410. The van der Waals surface area contributed by atoms with Crippen molar-refractivity contribution in [2.24, 2.45) is 0 Å².